The Morgan fingerprint density at radius 1 is 1.35 bits per heavy atom. The molecule has 0 aromatic heterocycles. The first-order valence-corrected chi connectivity index (χ1v) is 7.95. The lowest BCUT2D eigenvalue weighted by molar-refractivity contribution is -0.129. The van der Waals surface area contributed by atoms with Crippen molar-refractivity contribution in [1.29, 1.82) is 0 Å². The zero-order valence-corrected chi connectivity index (χ0v) is 13.4. The van der Waals surface area contributed by atoms with E-state index in [1.54, 1.807) is 0 Å². The number of hydrogen-bond acceptors (Lipinski definition) is 3. The van der Waals surface area contributed by atoms with E-state index in [1.807, 2.05) is 0 Å². The molecule has 0 spiro atoms. The predicted molar refractivity (Wildman–Crippen MR) is 82.5 cm³/mol. The molecule has 4 atom stereocenters. The third kappa shape index (κ3) is 3.33. The van der Waals surface area contributed by atoms with Crippen LogP contribution in [0.1, 0.15) is 18.9 Å². The Balaban J connectivity index is 1.63. The summed E-state index contributed by atoms with van der Waals surface area (Å²) in [7, 11) is 0. The highest BCUT2D eigenvalue weighted by Crippen LogP contribution is 2.39. The highest BCUT2D eigenvalue weighted by atomic mass is 35.5. The van der Waals surface area contributed by atoms with E-state index >= 15 is 0 Å². The summed E-state index contributed by atoms with van der Waals surface area (Å²) < 4.78 is 18.6. The number of ether oxygens (including phenoxy) is 1. The molecule has 1 aromatic rings. The SMILES string of the molecule is CC(=O)N[C@H]1[C@H](NC(=O)Cc2ccc(F)cc2Cl)[C@@H]2CCO[C@@H]21. The van der Waals surface area contributed by atoms with Crippen LogP contribution in [0.5, 0.6) is 0 Å². The van der Waals surface area contributed by atoms with Gasteiger partial charge in [-0.25, -0.2) is 4.39 Å². The molecule has 124 valence electrons. The maximum atomic E-state index is 13.0. The van der Waals surface area contributed by atoms with Crippen LogP contribution in [0.25, 0.3) is 0 Å². The van der Waals surface area contributed by atoms with Crippen LogP contribution in [0.4, 0.5) is 4.39 Å². The number of benzene rings is 1. The molecule has 3 rings (SSSR count). The van der Waals surface area contributed by atoms with Crippen molar-refractivity contribution >= 4 is 23.4 Å². The number of amides is 2. The van der Waals surface area contributed by atoms with Crippen LogP contribution in [0, 0.1) is 11.7 Å². The number of nitrogens with one attached hydrogen (secondary N) is 2. The largest absolute Gasteiger partial charge is 0.376 e. The molecule has 2 N–H and O–H groups in total. The summed E-state index contributed by atoms with van der Waals surface area (Å²) >= 11 is 5.95. The minimum absolute atomic E-state index is 0.0291. The van der Waals surface area contributed by atoms with E-state index in [4.69, 9.17) is 16.3 Å². The average Bonchev–Trinajstić information content (AvgIpc) is 2.90. The highest BCUT2D eigenvalue weighted by Gasteiger charge is 2.54. The van der Waals surface area contributed by atoms with E-state index in [0.29, 0.717) is 12.2 Å². The lowest BCUT2D eigenvalue weighted by Crippen LogP contribution is -2.70. The van der Waals surface area contributed by atoms with Gasteiger partial charge in [0, 0.05) is 24.5 Å². The molecule has 1 saturated heterocycles. The summed E-state index contributed by atoms with van der Waals surface area (Å²) in [5.41, 5.74) is 0.570. The van der Waals surface area contributed by atoms with Crippen LogP contribution in [0.3, 0.4) is 0 Å². The summed E-state index contributed by atoms with van der Waals surface area (Å²) in [6.45, 7) is 2.08. The first kappa shape index (κ1) is 16.2. The molecule has 23 heavy (non-hydrogen) atoms. The van der Waals surface area contributed by atoms with Gasteiger partial charge in [0.05, 0.1) is 24.6 Å². The van der Waals surface area contributed by atoms with Gasteiger partial charge in [0.2, 0.25) is 11.8 Å². The van der Waals surface area contributed by atoms with Gasteiger partial charge in [0.15, 0.2) is 0 Å². The zero-order valence-electron chi connectivity index (χ0n) is 12.6. The molecular formula is C16H18ClFN2O3. The Morgan fingerprint density at radius 2 is 2.13 bits per heavy atom. The number of carbonyl (C=O) groups excluding carboxylic acids is 2. The second-order valence-corrected chi connectivity index (χ2v) is 6.43. The molecule has 2 fully saturated rings. The maximum Gasteiger partial charge on any atom is 0.224 e. The van der Waals surface area contributed by atoms with Gasteiger partial charge in [0.1, 0.15) is 5.82 Å². The molecule has 1 aromatic carbocycles. The lowest BCUT2D eigenvalue weighted by Gasteiger charge is -2.47. The molecule has 2 aliphatic rings. The fraction of sp³-hybridized carbons (Fsp3) is 0.500. The highest BCUT2D eigenvalue weighted by molar-refractivity contribution is 6.31. The second-order valence-electron chi connectivity index (χ2n) is 6.02. The second kappa shape index (κ2) is 6.45. The molecule has 1 heterocycles. The van der Waals surface area contributed by atoms with E-state index in [2.05, 4.69) is 10.6 Å². The molecule has 5 nitrogen and oxygen atoms in total. The lowest BCUT2D eigenvalue weighted by atomic mass is 9.71. The smallest absolute Gasteiger partial charge is 0.224 e. The summed E-state index contributed by atoms with van der Waals surface area (Å²) in [5, 5.41) is 6.01. The Kier molecular flexibility index (Phi) is 4.55. The van der Waals surface area contributed by atoms with E-state index < -0.39 is 5.82 Å². The van der Waals surface area contributed by atoms with Crippen LogP contribution >= 0.6 is 11.6 Å². The van der Waals surface area contributed by atoms with Crippen molar-refractivity contribution < 1.29 is 18.7 Å². The molecule has 1 aliphatic carbocycles. The summed E-state index contributed by atoms with van der Waals surface area (Å²) in [5.74, 6) is -0.566. The third-order valence-electron chi connectivity index (χ3n) is 4.45. The Labute approximate surface area is 138 Å². The summed E-state index contributed by atoms with van der Waals surface area (Å²) in [6, 6.07) is 3.63. The minimum Gasteiger partial charge on any atom is -0.376 e. The molecule has 1 saturated carbocycles. The number of hydrogen-bond donors (Lipinski definition) is 2. The van der Waals surface area contributed by atoms with E-state index in [-0.39, 0.29) is 47.4 Å². The molecule has 7 heteroatoms. The van der Waals surface area contributed by atoms with Gasteiger partial charge in [-0.3, -0.25) is 9.59 Å². The van der Waals surface area contributed by atoms with Crippen LogP contribution in [-0.4, -0.2) is 36.6 Å². The van der Waals surface area contributed by atoms with Gasteiger partial charge < -0.3 is 15.4 Å². The van der Waals surface area contributed by atoms with Crippen molar-refractivity contribution in [2.24, 2.45) is 5.92 Å². The number of carbonyl (C=O) groups is 2. The van der Waals surface area contributed by atoms with Crippen LogP contribution in [0.2, 0.25) is 5.02 Å². The van der Waals surface area contributed by atoms with E-state index in [0.717, 1.165) is 6.42 Å². The quantitative estimate of drug-likeness (QED) is 0.871. The molecule has 1 aliphatic heterocycles. The Hall–Kier alpha value is -1.66. The summed E-state index contributed by atoms with van der Waals surface area (Å²) in [4.78, 5) is 23.6. The van der Waals surface area contributed by atoms with Crippen LogP contribution in [0.15, 0.2) is 18.2 Å². The maximum absolute atomic E-state index is 13.0. The molecule has 0 bridgehead atoms. The number of rotatable bonds is 4. The van der Waals surface area contributed by atoms with Crippen molar-refractivity contribution in [3.05, 3.63) is 34.6 Å². The fourth-order valence-electron chi connectivity index (χ4n) is 3.39. The number of halogens is 2. The predicted octanol–water partition coefficient (Wildman–Crippen LogP) is 1.43. The van der Waals surface area contributed by atoms with E-state index in [1.165, 1.54) is 25.1 Å². The first-order valence-electron chi connectivity index (χ1n) is 7.57. The van der Waals surface area contributed by atoms with Gasteiger partial charge in [-0.15, -0.1) is 0 Å². The van der Waals surface area contributed by atoms with Crippen molar-refractivity contribution in [1.82, 2.24) is 10.6 Å². The Bertz CT molecular complexity index is 640. The van der Waals surface area contributed by atoms with Crippen LogP contribution < -0.4 is 10.6 Å². The normalized spacial score (nSPS) is 28.7. The van der Waals surface area contributed by atoms with Gasteiger partial charge in [-0.05, 0) is 24.1 Å². The average molecular weight is 341 g/mol. The number of fused-ring (bicyclic) bond motifs is 1. The first-order chi connectivity index (χ1) is 11.0. The molecule has 2 amide bonds. The molecule has 0 unspecified atom stereocenters. The topological polar surface area (TPSA) is 67.4 Å². The molecular weight excluding hydrogens is 323 g/mol. The third-order valence-corrected chi connectivity index (χ3v) is 4.80. The van der Waals surface area contributed by atoms with Crippen molar-refractivity contribution in [2.75, 3.05) is 6.61 Å². The minimum atomic E-state index is -0.435. The standard InChI is InChI=1S/C16H18ClFN2O3/c1-8(21)19-15-14(11-4-5-23-16(11)15)20-13(22)6-9-2-3-10(18)7-12(9)17/h2-3,7,11,14-16H,4-6H2,1H3,(H,19,21)(H,20,22)/t11-,14+,15-,16-/m0/s1. The van der Waals surface area contributed by atoms with Crippen molar-refractivity contribution in [2.45, 2.75) is 38.0 Å². The Morgan fingerprint density at radius 3 is 2.83 bits per heavy atom. The fourth-order valence-corrected chi connectivity index (χ4v) is 3.62. The zero-order chi connectivity index (χ0) is 16.6. The molecule has 0 radical (unpaired) electrons. The van der Waals surface area contributed by atoms with Crippen LogP contribution in [-0.2, 0) is 20.7 Å². The van der Waals surface area contributed by atoms with Crippen molar-refractivity contribution in [3.8, 4) is 0 Å². The van der Waals surface area contributed by atoms with Gasteiger partial charge >= 0.3 is 0 Å². The van der Waals surface area contributed by atoms with E-state index in [9.17, 15) is 14.0 Å². The van der Waals surface area contributed by atoms with Crippen molar-refractivity contribution in [3.63, 3.8) is 0 Å². The van der Waals surface area contributed by atoms with Gasteiger partial charge in [-0.1, -0.05) is 17.7 Å². The monoisotopic (exact) mass is 340 g/mol. The summed E-state index contributed by atoms with van der Waals surface area (Å²) in [6.07, 6.45) is 0.905. The van der Waals surface area contributed by atoms with Gasteiger partial charge in [-0.2, -0.15) is 0 Å². The van der Waals surface area contributed by atoms with Gasteiger partial charge in [0.25, 0.3) is 0 Å².